The Morgan fingerprint density at radius 3 is 2.26 bits per heavy atom. The lowest BCUT2D eigenvalue weighted by Gasteiger charge is -2.36. The molecule has 0 radical (unpaired) electrons. The minimum Gasteiger partial charge on any atom is -0.497 e. The van der Waals surface area contributed by atoms with E-state index in [-0.39, 0.29) is 11.7 Å². The predicted molar refractivity (Wildman–Crippen MR) is 128 cm³/mol. The number of aryl methyl sites for hydroxylation is 1. The molecule has 34 heavy (non-hydrogen) atoms. The van der Waals surface area contributed by atoms with Gasteiger partial charge >= 0.3 is 0 Å². The van der Waals surface area contributed by atoms with Gasteiger partial charge in [-0.2, -0.15) is 0 Å². The number of amides is 1. The van der Waals surface area contributed by atoms with Crippen molar-refractivity contribution in [3.05, 3.63) is 82.6 Å². The van der Waals surface area contributed by atoms with E-state index in [1.165, 1.54) is 24.3 Å². The van der Waals surface area contributed by atoms with Gasteiger partial charge in [0.05, 0.1) is 19.4 Å². The molecule has 1 aliphatic rings. The van der Waals surface area contributed by atoms with Crippen molar-refractivity contribution < 1.29 is 18.7 Å². The van der Waals surface area contributed by atoms with Crippen LogP contribution in [-0.4, -0.2) is 61.2 Å². The molecule has 1 saturated heterocycles. The Balaban J connectivity index is 1.55. The number of carbonyl (C=O) groups excluding carboxylic acids is 1. The van der Waals surface area contributed by atoms with Crippen LogP contribution in [0, 0.1) is 12.7 Å². The molecule has 0 aliphatic carbocycles. The van der Waals surface area contributed by atoms with Gasteiger partial charge in [0.25, 0.3) is 5.91 Å². The van der Waals surface area contributed by atoms with Gasteiger partial charge in [-0.05, 0) is 48.9 Å². The van der Waals surface area contributed by atoms with Gasteiger partial charge in [-0.3, -0.25) is 4.79 Å². The molecule has 0 spiro atoms. The molecule has 0 atom stereocenters. The number of rotatable bonds is 7. The Morgan fingerprint density at radius 1 is 0.971 bits per heavy atom. The molecule has 1 aliphatic heterocycles. The normalized spacial score (nSPS) is 13.8. The van der Waals surface area contributed by atoms with Crippen LogP contribution in [0.25, 0.3) is 0 Å². The number of ether oxygens (including phenoxy) is 2. The van der Waals surface area contributed by atoms with E-state index in [4.69, 9.17) is 14.5 Å². The van der Waals surface area contributed by atoms with Gasteiger partial charge in [-0.1, -0.05) is 12.1 Å². The average molecular weight is 465 g/mol. The van der Waals surface area contributed by atoms with Crippen LogP contribution in [0.1, 0.15) is 33.0 Å². The summed E-state index contributed by atoms with van der Waals surface area (Å²) in [6, 6.07) is 13.7. The van der Waals surface area contributed by atoms with Crippen LogP contribution in [0.3, 0.4) is 0 Å². The summed E-state index contributed by atoms with van der Waals surface area (Å²) < 4.78 is 23.9. The van der Waals surface area contributed by atoms with Crippen LogP contribution in [0.2, 0.25) is 0 Å². The van der Waals surface area contributed by atoms with Crippen molar-refractivity contribution in [1.82, 2.24) is 14.9 Å². The van der Waals surface area contributed by atoms with E-state index in [1.807, 2.05) is 31.2 Å². The quantitative estimate of drug-likeness (QED) is 0.532. The summed E-state index contributed by atoms with van der Waals surface area (Å²) in [6.07, 6.45) is 0.660. The third-order valence-electron chi connectivity index (χ3n) is 5.96. The number of hydrogen-bond acceptors (Lipinski definition) is 6. The Kier molecular flexibility index (Phi) is 7.37. The first-order valence-corrected chi connectivity index (χ1v) is 11.3. The number of piperazine rings is 1. The largest absolute Gasteiger partial charge is 0.497 e. The summed E-state index contributed by atoms with van der Waals surface area (Å²) in [5, 5.41) is 0. The number of carbonyl (C=O) groups is 1. The molecule has 3 aromatic rings. The van der Waals surface area contributed by atoms with Gasteiger partial charge in [0.15, 0.2) is 0 Å². The van der Waals surface area contributed by atoms with Gasteiger partial charge in [0.2, 0.25) is 0 Å². The van der Waals surface area contributed by atoms with Crippen molar-refractivity contribution >= 4 is 11.7 Å². The molecule has 8 heteroatoms. The van der Waals surface area contributed by atoms with Crippen molar-refractivity contribution in [3.63, 3.8) is 0 Å². The SMILES string of the molecule is COCc1nc(C)nc(N2CCN(C(=O)c3ccc(F)cc3)CC2)c1Cc1ccc(OC)cc1. The summed E-state index contributed by atoms with van der Waals surface area (Å²) in [7, 11) is 3.31. The van der Waals surface area contributed by atoms with Crippen molar-refractivity contribution in [3.8, 4) is 5.75 Å². The Bertz CT molecular complexity index is 1130. The number of anilines is 1. The van der Waals surface area contributed by atoms with Gasteiger partial charge in [0, 0.05) is 50.8 Å². The smallest absolute Gasteiger partial charge is 0.253 e. The van der Waals surface area contributed by atoms with Gasteiger partial charge in [0.1, 0.15) is 23.2 Å². The fraction of sp³-hybridized carbons (Fsp3) is 0.346. The second-order valence-electron chi connectivity index (χ2n) is 8.26. The summed E-state index contributed by atoms with van der Waals surface area (Å²) in [5.74, 6) is 1.94. The van der Waals surface area contributed by atoms with Crippen LogP contribution < -0.4 is 9.64 Å². The van der Waals surface area contributed by atoms with Gasteiger partial charge < -0.3 is 19.3 Å². The highest BCUT2D eigenvalue weighted by Gasteiger charge is 2.26. The Hall–Kier alpha value is -3.52. The highest BCUT2D eigenvalue weighted by Crippen LogP contribution is 2.27. The van der Waals surface area contributed by atoms with Crippen molar-refractivity contribution in [2.45, 2.75) is 20.0 Å². The number of hydrogen-bond donors (Lipinski definition) is 0. The topological polar surface area (TPSA) is 67.8 Å². The van der Waals surface area contributed by atoms with E-state index in [0.29, 0.717) is 50.6 Å². The minimum absolute atomic E-state index is 0.0861. The first kappa shape index (κ1) is 23.6. The predicted octanol–water partition coefficient (Wildman–Crippen LogP) is 3.63. The summed E-state index contributed by atoms with van der Waals surface area (Å²) >= 11 is 0. The molecule has 4 rings (SSSR count). The number of benzene rings is 2. The molecule has 0 N–H and O–H groups in total. The lowest BCUT2D eigenvalue weighted by atomic mass is 10.0. The highest BCUT2D eigenvalue weighted by atomic mass is 19.1. The van der Waals surface area contributed by atoms with E-state index in [0.717, 1.165) is 28.4 Å². The van der Waals surface area contributed by atoms with Gasteiger partial charge in [-0.25, -0.2) is 14.4 Å². The van der Waals surface area contributed by atoms with Crippen LogP contribution in [-0.2, 0) is 17.8 Å². The standard InChI is InChI=1S/C26H29FN4O3/c1-18-28-24(17-33-2)23(16-19-4-10-22(34-3)11-5-19)25(29-18)30-12-14-31(15-13-30)26(32)20-6-8-21(27)9-7-20/h4-11H,12-17H2,1-3H3. The third-order valence-corrected chi connectivity index (χ3v) is 5.96. The molecule has 178 valence electrons. The first-order chi connectivity index (χ1) is 16.5. The van der Waals surface area contributed by atoms with Crippen molar-refractivity contribution in [2.75, 3.05) is 45.3 Å². The minimum atomic E-state index is -0.350. The number of halogens is 1. The average Bonchev–Trinajstić information content (AvgIpc) is 2.86. The lowest BCUT2D eigenvalue weighted by molar-refractivity contribution is 0.0746. The maximum absolute atomic E-state index is 13.2. The van der Waals surface area contributed by atoms with Crippen LogP contribution in [0.15, 0.2) is 48.5 Å². The van der Waals surface area contributed by atoms with Gasteiger partial charge in [-0.15, -0.1) is 0 Å². The lowest BCUT2D eigenvalue weighted by Crippen LogP contribution is -2.49. The molecule has 0 unspecified atom stereocenters. The van der Waals surface area contributed by atoms with E-state index in [2.05, 4.69) is 9.88 Å². The fourth-order valence-corrected chi connectivity index (χ4v) is 4.18. The van der Waals surface area contributed by atoms with E-state index < -0.39 is 0 Å². The van der Waals surface area contributed by atoms with E-state index >= 15 is 0 Å². The van der Waals surface area contributed by atoms with E-state index in [9.17, 15) is 9.18 Å². The monoisotopic (exact) mass is 464 g/mol. The van der Waals surface area contributed by atoms with Crippen LogP contribution >= 0.6 is 0 Å². The molecule has 2 heterocycles. The Labute approximate surface area is 199 Å². The zero-order valence-corrected chi connectivity index (χ0v) is 19.8. The molecule has 2 aromatic carbocycles. The highest BCUT2D eigenvalue weighted by molar-refractivity contribution is 5.94. The summed E-state index contributed by atoms with van der Waals surface area (Å²) in [6.45, 7) is 4.68. The zero-order chi connectivity index (χ0) is 24.1. The Morgan fingerprint density at radius 2 is 1.65 bits per heavy atom. The summed E-state index contributed by atoms with van der Waals surface area (Å²) in [4.78, 5) is 26.3. The second-order valence-corrected chi connectivity index (χ2v) is 8.26. The first-order valence-electron chi connectivity index (χ1n) is 11.3. The molecule has 1 aromatic heterocycles. The molecular formula is C26H29FN4O3. The number of aromatic nitrogens is 2. The summed E-state index contributed by atoms with van der Waals surface area (Å²) in [5.41, 5.74) is 3.51. The molecule has 7 nitrogen and oxygen atoms in total. The molecule has 1 fully saturated rings. The maximum atomic E-state index is 13.2. The second kappa shape index (κ2) is 10.6. The fourth-order valence-electron chi connectivity index (χ4n) is 4.18. The van der Waals surface area contributed by atoms with Crippen molar-refractivity contribution in [1.29, 1.82) is 0 Å². The molecule has 0 bridgehead atoms. The van der Waals surface area contributed by atoms with E-state index in [1.54, 1.807) is 19.1 Å². The number of methoxy groups -OCH3 is 2. The number of nitrogens with zero attached hydrogens (tertiary/aromatic N) is 4. The van der Waals surface area contributed by atoms with Crippen molar-refractivity contribution in [2.24, 2.45) is 0 Å². The van der Waals surface area contributed by atoms with Crippen LogP contribution in [0.4, 0.5) is 10.2 Å². The molecule has 0 saturated carbocycles. The zero-order valence-electron chi connectivity index (χ0n) is 19.8. The molecule has 1 amide bonds. The maximum Gasteiger partial charge on any atom is 0.253 e. The molecular weight excluding hydrogens is 435 g/mol. The third kappa shape index (κ3) is 5.34. The van der Waals surface area contributed by atoms with Crippen LogP contribution in [0.5, 0.6) is 5.75 Å².